The van der Waals surface area contributed by atoms with Gasteiger partial charge in [0.1, 0.15) is 0 Å². The van der Waals surface area contributed by atoms with Crippen molar-refractivity contribution in [2.24, 2.45) is 0 Å². The fourth-order valence-corrected chi connectivity index (χ4v) is 1.70. The monoisotopic (exact) mass is 292 g/mol. The fraction of sp³-hybridized carbons (Fsp3) is 0. The molecule has 0 N–H and O–H groups in total. The smallest absolute Gasteiger partial charge is 0.0581 e. The van der Waals surface area contributed by atoms with Gasteiger partial charge in [-0.25, -0.2) is 0 Å². The summed E-state index contributed by atoms with van der Waals surface area (Å²) in [6.07, 6.45) is 2.09. The average molecular weight is 294 g/mol. The third kappa shape index (κ3) is 4.05. The standard InChI is InChI=1S/C8H7Br2P/c9-11(10)7-6-8-4-2-1-3-5-8/h1-7H. The van der Waals surface area contributed by atoms with Crippen molar-refractivity contribution in [2.75, 3.05) is 0 Å². The zero-order valence-corrected chi connectivity index (χ0v) is 9.81. The summed E-state index contributed by atoms with van der Waals surface area (Å²) >= 11 is 6.85. The van der Waals surface area contributed by atoms with Crippen molar-refractivity contribution in [3.05, 3.63) is 41.7 Å². The first kappa shape index (κ1) is 9.44. The molecule has 0 aliphatic rings. The van der Waals surface area contributed by atoms with Crippen LogP contribution in [0.3, 0.4) is 0 Å². The summed E-state index contributed by atoms with van der Waals surface area (Å²) < 4.78 is 0. The molecule has 1 aromatic rings. The second kappa shape index (κ2) is 5.08. The van der Waals surface area contributed by atoms with Gasteiger partial charge in [-0.2, -0.15) is 0 Å². The van der Waals surface area contributed by atoms with Crippen LogP contribution in [0.15, 0.2) is 36.1 Å². The summed E-state index contributed by atoms with van der Waals surface area (Å²) in [5, 5.41) is -0.280. The van der Waals surface area contributed by atoms with Crippen LogP contribution < -0.4 is 0 Å². The minimum atomic E-state index is -0.280. The van der Waals surface area contributed by atoms with Gasteiger partial charge >= 0.3 is 0 Å². The normalized spacial score (nSPS) is 11.2. The highest BCUT2D eigenvalue weighted by molar-refractivity contribution is 9.69. The Labute approximate surface area is 83.9 Å². The molecule has 1 aromatic carbocycles. The van der Waals surface area contributed by atoms with Crippen LogP contribution >= 0.6 is 36.3 Å². The molecule has 0 unspecified atom stereocenters. The number of halogens is 2. The van der Waals surface area contributed by atoms with E-state index in [4.69, 9.17) is 0 Å². The topological polar surface area (TPSA) is 0 Å². The summed E-state index contributed by atoms with van der Waals surface area (Å²) in [5.74, 6) is 2.10. The molecule has 0 aliphatic carbocycles. The van der Waals surface area contributed by atoms with E-state index in [1.807, 2.05) is 18.2 Å². The van der Waals surface area contributed by atoms with Gasteiger partial charge in [-0.05, 0) is 42.4 Å². The van der Waals surface area contributed by atoms with Gasteiger partial charge in [0.05, 0.1) is 5.33 Å². The molecule has 0 saturated carbocycles. The van der Waals surface area contributed by atoms with Gasteiger partial charge in [-0.1, -0.05) is 36.4 Å². The van der Waals surface area contributed by atoms with E-state index in [-0.39, 0.29) is 5.33 Å². The molecule has 0 aromatic heterocycles. The van der Waals surface area contributed by atoms with Crippen LogP contribution in [0.5, 0.6) is 0 Å². The van der Waals surface area contributed by atoms with Gasteiger partial charge in [0, 0.05) is 0 Å². The maximum atomic E-state index is 3.43. The second-order valence-corrected chi connectivity index (χ2v) is 10.2. The summed E-state index contributed by atoms with van der Waals surface area (Å²) in [5.41, 5.74) is 1.24. The van der Waals surface area contributed by atoms with Gasteiger partial charge in [-0.15, -0.1) is 0 Å². The van der Waals surface area contributed by atoms with Crippen LogP contribution in [0.4, 0.5) is 0 Å². The Morgan fingerprint density at radius 1 is 1.09 bits per heavy atom. The molecule has 58 valence electrons. The minimum Gasteiger partial charge on any atom is -0.0622 e. The van der Waals surface area contributed by atoms with E-state index in [1.165, 1.54) is 5.56 Å². The second-order valence-electron chi connectivity index (χ2n) is 1.99. The molecule has 0 nitrogen and oxygen atoms in total. The molecule has 1 rings (SSSR count). The molecule has 0 spiro atoms. The maximum absolute atomic E-state index is 3.43. The van der Waals surface area contributed by atoms with E-state index >= 15 is 0 Å². The van der Waals surface area contributed by atoms with Crippen LogP contribution in [0.25, 0.3) is 6.08 Å². The van der Waals surface area contributed by atoms with Gasteiger partial charge in [-0.3, -0.25) is 0 Å². The molecule has 0 fully saturated rings. The van der Waals surface area contributed by atoms with Crippen molar-refractivity contribution in [3.63, 3.8) is 0 Å². The van der Waals surface area contributed by atoms with Crippen LogP contribution in [-0.4, -0.2) is 0 Å². The predicted molar refractivity (Wildman–Crippen MR) is 60.3 cm³/mol. The fourth-order valence-electron chi connectivity index (χ4n) is 0.707. The highest BCUT2D eigenvalue weighted by atomic mass is 79.9. The van der Waals surface area contributed by atoms with Crippen LogP contribution in [0.2, 0.25) is 0 Å². The average Bonchev–Trinajstić information content (AvgIpc) is 2.03. The molecule has 0 saturated heterocycles. The van der Waals surface area contributed by atoms with E-state index in [1.54, 1.807) is 0 Å². The van der Waals surface area contributed by atoms with Crippen molar-refractivity contribution >= 4 is 42.4 Å². The van der Waals surface area contributed by atoms with E-state index in [2.05, 4.69) is 55.0 Å². The SMILES string of the molecule is BrP(Br)C=Cc1ccccc1. The Balaban J connectivity index is 2.65. The van der Waals surface area contributed by atoms with E-state index in [0.29, 0.717) is 0 Å². The van der Waals surface area contributed by atoms with Crippen LogP contribution in [0, 0.1) is 0 Å². The Bertz CT molecular complexity index is 231. The molecule has 0 heterocycles. The molecular weight excluding hydrogens is 287 g/mol. The summed E-state index contributed by atoms with van der Waals surface area (Å²) in [6, 6.07) is 10.2. The maximum Gasteiger partial charge on any atom is 0.0581 e. The molecule has 0 bridgehead atoms. The number of hydrogen-bond donors (Lipinski definition) is 0. The molecule has 0 aliphatic heterocycles. The molecule has 0 atom stereocenters. The van der Waals surface area contributed by atoms with Crippen molar-refractivity contribution < 1.29 is 0 Å². The van der Waals surface area contributed by atoms with Gasteiger partial charge in [0.2, 0.25) is 0 Å². The highest BCUT2D eigenvalue weighted by Crippen LogP contribution is 2.53. The number of rotatable bonds is 2. The summed E-state index contributed by atoms with van der Waals surface area (Å²) in [4.78, 5) is 0. The first-order valence-electron chi connectivity index (χ1n) is 3.13. The van der Waals surface area contributed by atoms with Gasteiger partial charge < -0.3 is 0 Å². The Kier molecular flexibility index (Phi) is 4.36. The van der Waals surface area contributed by atoms with Crippen LogP contribution in [0.1, 0.15) is 5.56 Å². The third-order valence-electron chi connectivity index (χ3n) is 1.18. The lowest BCUT2D eigenvalue weighted by atomic mass is 10.2. The lowest BCUT2D eigenvalue weighted by molar-refractivity contribution is 1.67. The Morgan fingerprint density at radius 3 is 2.27 bits per heavy atom. The molecule has 11 heavy (non-hydrogen) atoms. The third-order valence-corrected chi connectivity index (χ3v) is 2.97. The van der Waals surface area contributed by atoms with E-state index < -0.39 is 0 Å². The quantitative estimate of drug-likeness (QED) is 0.690. The summed E-state index contributed by atoms with van der Waals surface area (Å²) in [7, 11) is 0. The number of hydrogen-bond acceptors (Lipinski definition) is 0. The lowest BCUT2D eigenvalue weighted by Crippen LogP contribution is -1.65. The Hall–Kier alpha value is 0.350. The molecule has 0 radical (unpaired) electrons. The van der Waals surface area contributed by atoms with Crippen molar-refractivity contribution in [1.82, 2.24) is 0 Å². The zero-order chi connectivity index (χ0) is 8.10. The van der Waals surface area contributed by atoms with Gasteiger partial charge in [0.15, 0.2) is 0 Å². The van der Waals surface area contributed by atoms with Crippen molar-refractivity contribution in [2.45, 2.75) is 0 Å². The lowest BCUT2D eigenvalue weighted by Gasteiger charge is -1.91. The largest absolute Gasteiger partial charge is 0.0622 e. The van der Waals surface area contributed by atoms with Crippen molar-refractivity contribution in [3.8, 4) is 0 Å². The highest BCUT2D eigenvalue weighted by Gasteiger charge is 1.87. The minimum absolute atomic E-state index is 0.280. The Morgan fingerprint density at radius 2 is 1.73 bits per heavy atom. The molecule has 3 heteroatoms. The first-order valence-corrected chi connectivity index (χ1v) is 8.58. The van der Waals surface area contributed by atoms with Crippen LogP contribution in [-0.2, 0) is 0 Å². The predicted octanol–water partition coefficient (Wildman–Crippen LogP) is 4.76. The van der Waals surface area contributed by atoms with E-state index in [9.17, 15) is 0 Å². The van der Waals surface area contributed by atoms with Gasteiger partial charge in [0.25, 0.3) is 0 Å². The number of benzene rings is 1. The molecular formula is C8H7Br2P. The first-order chi connectivity index (χ1) is 5.29. The molecule has 0 amide bonds. The summed E-state index contributed by atoms with van der Waals surface area (Å²) in [6.45, 7) is 0. The van der Waals surface area contributed by atoms with Crippen molar-refractivity contribution in [1.29, 1.82) is 0 Å². The zero-order valence-electron chi connectivity index (χ0n) is 5.74. The van der Waals surface area contributed by atoms with E-state index in [0.717, 1.165) is 0 Å².